The molecule has 3 aromatic rings. The van der Waals surface area contributed by atoms with Crippen LogP contribution in [0.15, 0.2) is 59.6 Å². The monoisotopic (exact) mass is 496 g/mol. The number of nitrogens with one attached hydrogen (secondary N) is 1. The van der Waals surface area contributed by atoms with Crippen molar-refractivity contribution >= 4 is 41.2 Å². The zero-order valence-corrected chi connectivity index (χ0v) is 21.2. The lowest BCUT2D eigenvalue weighted by molar-refractivity contribution is -0.155. The molecule has 1 aliphatic heterocycles. The molecule has 0 spiro atoms. The highest BCUT2D eigenvalue weighted by molar-refractivity contribution is 8.00. The maximum atomic E-state index is 12.3. The number of carbonyl (C=O) groups excluding carboxylic acids is 1. The van der Waals surface area contributed by atoms with Crippen LogP contribution in [0.3, 0.4) is 0 Å². The van der Waals surface area contributed by atoms with Crippen molar-refractivity contribution in [2.45, 2.75) is 38.6 Å². The van der Waals surface area contributed by atoms with Crippen LogP contribution in [0.25, 0.3) is 11.3 Å². The number of hydrogen-bond acceptors (Lipinski definition) is 7. The van der Waals surface area contributed by atoms with E-state index in [2.05, 4.69) is 9.62 Å². The van der Waals surface area contributed by atoms with E-state index in [1.807, 2.05) is 75.4 Å². The Morgan fingerprint density at radius 3 is 2.62 bits per heavy atom. The average Bonchev–Trinajstić information content (AvgIpc) is 2.85. The minimum atomic E-state index is -0.421. The van der Waals surface area contributed by atoms with E-state index in [9.17, 15) is 4.79 Å². The number of halogens is 1. The number of piperidine rings is 1. The Bertz CT molecular complexity index is 1170. The number of aromatic nitrogens is 2. The molecule has 1 aliphatic rings. The molecule has 3 heterocycles. The molecule has 0 atom stereocenters. The number of rotatable bonds is 7. The summed E-state index contributed by atoms with van der Waals surface area (Å²) in [5, 5.41) is 1.45. The van der Waals surface area contributed by atoms with E-state index in [1.54, 1.807) is 0 Å². The average molecular weight is 497 g/mol. The summed E-state index contributed by atoms with van der Waals surface area (Å²) in [6.45, 7) is 7.84. The zero-order chi connectivity index (χ0) is 24.1. The van der Waals surface area contributed by atoms with Gasteiger partial charge in [-0.2, -0.15) is 0 Å². The third kappa shape index (κ3) is 5.47. The van der Waals surface area contributed by atoms with Crippen molar-refractivity contribution in [2.24, 2.45) is 5.41 Å². The number of aryl methyl sites for hydroxylation is 1. The van der Waals surface area contributed by atoms with E-state index in [0.717, 1.165) is 53.6 Å². The van der Waals surface area contributed by atoms with Gasteiger partial charge in [0.05, 0.1) is 22.7 Å². The van der Waals surface area contributed by atoms with Gasteiger partial charge in [0.25, 0.3) is 0 Å². The van der Waals surface area contributed by atoms with E-state index in [0.29, 0.717) is 17.4 Å². The molecule has 1 N–H and O–H groups in total. The topological polar surface area (TPSA) is 67.3 Å². The third-order valence-electron chi connectivity index (χ3n) is 6.17. The van der Waals surface area contributed by atoms with Gasteiger partial charge in [-0.05, 0) is 63.4 Å². The number of hydrogen-bond donors (Lipinski definition) is 1. The molecule has 6 nitrogen and oxygen atoms in total. The summed E-state index contributed by atoms with van der Waals surface area (Å²) in [7, 11) is 0. The molecule has 0 radical (unpaired) electrons. The number of esters is 1. The second-order valence-electron chi connectivity index (χ2n) is 8.65. The summed E-state index contributed by atoms with van der Waals surface area (Å²) in [4.78, 5) is 24.1. The van der Waals surface area contributed by atoms with Crippen LogP contribution in [0.5, 0.6) is 0 Å². The van der Waals surface area contributed by atoms with Crippen molar-refractivity contribution in [1.82, 2.24) is 9.97 Å². The molecule has 1 fully saturated rings. The molecule has 2 aromatic heterocycles. The molecule has 8 heteroatoms. The fourth-order valence-corrected chi connectivity index (χ4v) is 4.82. The maximum absolute atomic E-state index is 12.3. The Kier molecular flexibility index (Phi) is 7.63. The van der Waals surface area contributed by atoms with Gasteiger partial charge in [0.2, 0.25) is 0 Å². The normalized spacial score (nSPS) is 15.1. The lowest BCUT2D eigenvalue weighted by atomic mass is 9.80. The predicted octanol–water partition coefficient (Wildman–Crippen LogP) is 6.39. The highest BCUT2D eigenvalue weighted by Gasteiger charge is 2.38. The third-order valence-corrected chi connectivity index (χ3v) is 7.23. The lowest BCUT2D eigenvalue weighted by Crippen LogP contribution is -2.43. The first-order chi connectivity index (χ1) is 16.4. The van der Waals surface area contributed by atoms with Crippen LogP contribution in [0.1, 0.15) is 32.3 Å². The molecular weight excluding hydrogens is 468 g/mol. The molecular formula is C26H29ClN4O2S. The smallest absolute Gasteiger partial charge is 0.311 e. The van der Waals surface area contributed by atoms with Gasteiger partial charge in [0, 0.05) is 30.6 Å². The second-order valence-corrected chi connectivity index (χ2v) is 9.88. The van der Waals surface area contributed by atoms with Crippen molar-refractivity contribution in [3.63, 3.8) is 0 Å². The van der Waals surface area contributed by atoms with E-state index in [1.165, 1.54) is 11.9 Å². The van der Waals surface area contributed by atoms with Gasteiger partial charge >= 0.3 is 5.97 Å². The first-order valence-corrected chi connectivity index (χ1v) is 12.6. The Balaban J connectivity index is 1.42. The lowest BCUT2D eigenvalue weighted by Gasteiger charge is -2.38. The van der Waals surface area contributed by atoms with Gasteiger partial charge in [-0.25, -0.2) is 9.97 Å². The fourth-order valence-electron chi connectivity index (χ4n) is 4.01. The molecule has 0 aliphatic carbocycles. The van der Waals surface area contributed by atoms with Crippen LogP contribution >= 0.6 is 23.5 Å². The first-order valence-electron chi connectivity index (χ1n) is 11.4. The molecule has 34 heavy (non-hydrogen) atoms. The predicted molar refractivity (Wildman–Crippen MR) is 139 cm³/mol. The molecule has 0 bridgehead atoms. The standard InChI is InChI=1S/C26H29ClN4O2S/c1-4-33-25(32)26(3)14-16-31(17-15-26)22-10-7-11-23(29-22)34-30-21-13-12-20(27)24(28-21)19-9-6-5-8-18(19)2/h5-13H,4,14-17H2,1-3H3,(H,28,30). The Labute approximate surface area is 210 Å². The summed E-state index contributed by atoms with van der Waals surface area (Å²) in [5.74, 6) is 1.52. The summed E-state index contributed by atoms with van der Waals surface area (Å²) in [6, 6.07) is 17.8. The number of anilines is 2. The van der Waals surface area contributed by atoms with E-state index in [-0.39, 0.29) is 5.97 Å². The van der Waals surface area contributed by atoms with Crippen molar-refractivity contribution in [3.05, 3.63) is 65.2 Å². The summed E-state index contributed by atoms with van der Waals surface area (Å²) >= 11 is 7.85. The number of carbonyl (C=O) groups is 1. The minimum Gasteiger partial charge on any atom is -0.466 e. The largest absolute Gasteiger partial charge is 0.466 e. The van der Waals surface area contributed by atoms with E-state index in [4.69, 9.17) is 26.3 Å². The molecule has 178 valence electrons. The summed E-state index contributed by atoms with van der Waals surface area (Å²) < 4.78 is 8.56. The highest BCUT2D eigenvalue weighted by Crippen LogP contribution is 2.35. The van der Waals surface area contributed by atoms with Crippen molar-refractivity contribution in [2.75, 3.05) is 29.3 Å². The van der Waals surface area contributed by atoms with Gasteiger partial charge in [0.1, 0.15) is 16.7 Å². The number of ether oxygens (including phenoxy) is 1. The van der Waals surface area contributed by atoms with Gasteiger partial charge in [-0.15, -0.1) is 0 Å². The number of benzene rings is 1. The Hall–Kier alpha value is -2.77. The van der Waals surface area contributed by atoms with Crippen molar-refractivity contribution < 1.29 is 9.53 Å². The van der Waals surface area contributed by atoms with Gasteiger partial charge in [0.15, 0.2) is 0 Å². The van der Waals surface area contributed by atoms with Gasteiger partial charge in [-0.3, -0.25) is 4.79 Å². The first kappa shape index (κ1) is 24.4. The zero-order valence-electron chi connectivity index (χ0n) is 19.7. The quantitative estimate of drug-likeness (QED) is 0.300. The van der Waals surface area contributed by atoms with Crippen molar-refractivity contribution in [1.29, 1.82) is 0 Å². The summed E-state index contributed by atoms with van der Waals surface area (Å²) in [5.41, 5.74) is 2.47. The molecule has 1 aromatic carbocycles. The Morgan fingerprint density at radius 1 is 1.12 bits per heavy atom. The van der Waals surface area contributed by atoms with Crippen LogP contribution < -0.4 is 9.62 Å². The van der Waals surface area contributed by atoms with E-state index < -0.39 is 5.41 Å². The van der Waals surface area contributed by atoms with Gasteiger partial charge < -0.3 is 14.4 Å². The molecule has 0 saturated carbocycles. The Morgan fingerprint density at radius 2 is 1.88 bits per heavy atom. The van der Waals surface area contributed by atoms with Crippen molar-refractivity contribution in [3.8, 4) is 11.3 Å². The molecule has 0 amide bonds. The van der Waals surface area contributed by atoms with Crippen LogP contribution in [0.2, 0.25) is 5.02 Å². The van der Waals surface area contributed by atoms with Crippen LogP contribution in [0.4, 0.5) is 11.6 Å². The summed E-state index contributed by atoms with van der Waals surface area (Å²) in [6.07, 6.45) is 1.50. The van der Waals surface area contributed by atoms with Crippen LogP contribution in [-0.4, -0.2) is 35.6 Å². The van der Waals surface area contributed by atoms with Crippen LogP contribution in [0, 0.1) is 12.3 Å². The highest BCUT2D eigenvalue weighted by atomic mass is 35.5. The second kappa shape index (κ2) is 10.7. The molecule has 1 saturated heterocycles. The molecule has 4 rings (SSSR count). The fraction of sp³-hybridized carbons (Fsp3) is 0.346. The van der Waals surface area contributed by atoms with E-state index >= 15 is 0 Å². The SMILES string of the molecule is CCOC(=O)C1(C)CCN(c2cccc(SNc3ccc(Cl)c(-c4ccccc4C)n3)n2)CC1. The maximum Gasteiger partial charge on any atom is 0.311 e. The number of pyridine rings is 2. The van der Waals surface area contributed by atoms with Crippen LogP contribution in [-0.2, 0) is 9.53 Å². The van der Waals surface area contributed by atoms with Gasteiger partial charge in [-0.1, -0.05) is 41.9 Å². The number of nitrogens with zero attached hydrogens (tertiary/aromatic N) is 3. The molecule has 0 unspecified atom stereocenters. The minimum absolute atomic E-state index is 0.100.